The molecular formula is C46H69N3O5S. The minimum absolute atomic E-state index is 0.0459. The third-order valence-electron chi connectivity index (χ3n) is 17.5. The minimum Gasteiger partial charge on any atom is -0.478 e. The van der Waals surface area contributed by atoms with Crippen LogP contribution in [-0.4, -0.2) is 91.5 Å². The summed E-state index contributed by atoms with van der Waals surface area (Å²) in [6.45, 7) is 24.7. The van der Waals surface area contributed by atoms with Crippen LogP contribution >= 0.6 is 0 Å². The first-order valence-corrected chi connectivity index (χ1v) is 23.3. The summed E-state index contributed by atoms with van der Waals surface area (Å²) >= 11 is 0. The average molecular weight is 776 g/mol. The van der Waals surface area contributed by atoms with Gasteiger partial charge in [-0.25, -0.2) is 13.2 Å². The molecule has 0 aromatic heterocycles. The van der Waals surface area contributed by atoms with Crippen LogP contribution in [0.2, 0.25) is 0 Å². The number of nitrogens with one attached hydrogen (secondary N) is 1. The lowest BCUT2D eigenvalue weighted by Gasteiger charge is -2.73. The van der Waals surface area contributed by atoms with Crippen molar-refractivity contribution < 1.29 is 23.1 Å². The van der Waals surface area contributed by atoms with E-state index in [1.165, 1.54) is 50.5 Å². The molecular weight excluding hydrogens is 707 g/mol. The van der Waals surface area contributed by atoms with Gasteiger partial charge in [-0.3, -0.25) is 4.79 Å². The first-order chi connectivity index (χ1) is 25.9. The minimum atomic E-state index is -2.84. The Hall–Kier alpha value is -2.49. The molecule has 6 fully saturated rings. The van der Waals surface area contributed by atoms with Crippen LogP contribution in [0.15, 0.2) is 42.5 Å². The van der Waals surface area contributed by atoms with Gasteiger partial charge in [0, 0.05) is 37.8 Å². The molecule has 1 amide bonds. The number of piperidine rings is 1. The number of carbonyl (C=O) groups excluding carboxylic acids is 1. The molecule has 1 aromatic rings. The van der Waals surface area contributed by atoms with E-state index in [0.29, 0.717) is 59.6 Å². The molecule has 55 heavy (non-hydrogen) atoms. The second kappa shape index (κ2) is 14.7. The lowest BCUT2D eigenvalue weighted by Crippen LogP contribution is -2.70. The summed E-state index contributed by atoms with van der Waals surface area (Å²) in [6, 6.07) is 6.70. The monoisotopic (exact) mass is 775 g/mol. The molecule has 4 saturated carbocycles. The van der Waals surface area contributed by atoms with Gasteiger partial charge in [0.1, 0.15) is 0 Å². The summed E-state index contributed by atoms with van der Waals surface area (Å²) in [7, 11) is -2.84. The summed E-state index contributed by atoms with van der Waals surface area (Å²) in [5.74, 6) is 2.69. The summed E-state index contributed by atoms with van der Waals surface area (Å²) in [6.07, 6.45) is 15.7. The van der Waals surface area contributed by atoms with E-state index in [1.807, 2.05) is 6.08 Å². The van der Waals surface area contributed by atoms with Gasteiger partial charge in [-0.1, -0.05) is 45.1 Å². The third-order valence-corrected chi connectivity index (χ3v) is 19.1. The van der Waals surface area contributed by atoms with Crippen molar-refractivity contribution in [1.29, 1.82) is 0 Å². The number of aromatic carboxylic acids is 1. The number of carbonyl (C=O) groups is 2. The number of sulfone groups is 1. The van der Waals surface area contributed by atoms with Gasteiger partial charge < -0.3 is 20.2 Å². The topological polar surface area (TPSA) is 107 Å². The van der Waals surface area contributed by atoms with Crippen LogP contribution in [0, 0.1) is 51.2 Å². The number of hydrogen-bond donors (Lipinski definition) is 2. The molecule has 0 radical (unpaired) electrons. The predicted octanol–water partition coefficient (Wildman–Crippen LogP) is 7.96. The van der Waals surface area contributed by atoms with Crippen LogP contribution in [-0.2, 0) is 14.6 Å². The van der Waals surface area contributed by atoms with Gasteiger partial charge in [-0.15, -0.1) is 0 Å². The molecule has 2 aliphatic heterocycles. The number of hydrogen-bond acceptors (Lipinski definition) is 6. The maximum atomic E-state index is 13.9. The molecule has 2 saturated heterocycles. The van der Waals surface area contributed by atoms with Crippen molar-refractivity contribution in [2.24, 2.45) is 51.2 Å². The van der Waals surface area contributed by atoms with E-state index in [4.69, 9.17) is 0 Å². The smallest absolute Gasteiger partial charge is 0.335 e. The van der Waals surface area contributed by atoms with Crippen LogP contribution < -0.4 is 5.32 Å². The first kappa shape index (κ1) is 40.7. The zero-order valence-electron chi connectivity index (χ0n) is 34.7. The molecule has 1 aromatic carbocycles. The summed E-state index contributed by atoms with van der Waals surface area (Å²) in [4.78, 5) is 29.6. The second-order valence-corrected chi connectivity index (χ2v) is 22.5. The largest absolute Gasteiger partial charge is 0.478 e. The van der Waals surface area contributed by atoms with E-state index < -0.39 is 15.8 Å². The molecule has 304 valence electrons. The molecule has 9 heteroatoms. The first-order valence-electron chi connectivity index (χ1n) is 21.5. The Balaban J connectivity index is 1.05. The molecule has 7 rings (SSSR count). The Bertz CT molecular complexity index is 1780. The van der Waals surface area contributed by atoms with Crippen molar-refractivity contribution in [3.05, 3.63) is 53.6 Å². The highest BCUT2D eigenvalue weighted by molar-refractivity contribution is 7.91. The van der Waals surface area contributed by atoms with E-state index in [9.17, 15) is 23.1 Å². The maximum Gasteiger partial charge on any atom is 0.335 e. The SMILES string of the molecule is C=C(C)[C@@H]1CC[C@]2(CNCCCN3CCS(=O)(=O)CC3)CC[C@]3(C)[C@H](CC[C@@H]4[C@@]5(C)CCN(C(=O)/C=C/c6ccc(C(=O)O)cc6)C(C)(C)[C@@H]5CC[C@]43C)[C@@H]12. The number of carboxylic acid groups (broad SMARTS) is 1. The Morgan fingerprint density at radius 1 is 0.891 bits per heavy atom. The summed E-state index contributed by atoms with van der Waals surface area (Å²) in [5, 5.41) is 13.2. The zero-order chi connectivity index (χ0) is 39.6. The lowest BCUT2D eigenvalue weighted by atomic mass is 9.33. The van der Waals surface area contributed by atoms with E-state index in [0.717, 1.165) is 51.0 Å². The average Bonchev–Trinajstić information content (AvgIpc) is 3.51. The molecule has 9 atom stereocenters. The van der Waals surface area contributed by atoms with Crippen LogP contribution in [0.25, 0.3) is 6.08 Å². The van der Waals surface area contributed by atoms with E-state index in [2.05, 4.69) is 63.2 Å². The van der Waals surface area contributed by atoms with Crippen LogP contribution in [0.5, 0.6) is 0 Å². The van der Waals surface area contributed by atoms with Crippen LogP contribution in [0.3, 0.4) is 0 Å². The van der Waals surface area contributed by atoms with Gasteiger partial charge in [-0.2, -0.15) is 0 Å². The van der Waals surface area contributed by atoms with E-state index in [-0.39, 0.29) is 33.3 Å². The number of amides is 1. The van der Waals surface area contributed by atoms with Crippen molar-refractivity contribution in [2.75, 3.05) is 50.8 Å². The van der Waals surface area contributed by atoms with Crippen LogP contribution in [0.4, 0.5) is 0 Å². The number of nitrogens with zero attached hydrogens (tertiary/aromatic N) is 2. The Labute approximate surface area is 331 Å². The van der Waals surface area contributed by atoms with Gasteiger partial charge in [0.05, 0.1) is 17.1 Å². The van der Waals surface area contributed by atoms with Crippen molar-refractivity contribution in [2.45, 2.75) is 111 Å². The highest BCUT2D eigenvalue weighted by Crippen LogP contribution is 2.76. The third kappa shape index (κ3) is 6.98. The molecule has 0 spiro atoms. The highest BCUT2D eigenvalue weighted by atomic mass is 32.2. The second-order valence-electron chi connectivity index (χ2n) is 20.2. The van der Waals surface area contributed by atoms with Crippen molar-refractivity contribution in [1.82, 2.24) is 15.1 Å². The Kier molecular flexibility index (Phi) is 10.9. The molecule has 4 aliphatic carbocycles. The molecule has 8 nitrogen and oxygen atoms in total. The maximum absolute atomic E-state index is 13.9. The highest BCUT2D eigenvalue weighted by Gasteiger charge is 2.70. The van der Waals surface area contributed by atoms with Crippen molar-refractivity contribution >= 4 is 27.8 Å². The van der Waals surface area contributed by atoms with Gasteiger partial charge in [-0.05, 0) is 173 Å². The molecule has 2 N–H and O–H groups in total. The fraction of sp³-hybridized carbons (Fsp3) is 0.739. The van der Waals surface area contributed by atoms with Crippen molar-refractivity contribution in [3.63, 3.8) is 0 Å². The van der Waals surface area contributed by atoms with Gasteiger partial charge in [0.15, 0.2) is 9.84 Å². The fourth-order valence-electron chi connectivity index (χ4n) is 14.4. The Morgan fingerprint density at radius 3 is 2.27 bits per heavy atom. The van der Waals surface area contributed by atoms with Gasteiger partial charge in [0.2, 0.25) is 5.91 Å². The molecule has 2 heterocycles. The van der Waals surface area contributed by atoms with Crippen molar-refractivity contribution in [3.8, 4) is 0 Å². The van der Waals surface area contributed by atoms with Gasteiger partial charge in [0.25, 0.3) is 0 Å². The number of rotatable bonds is 10. The van der Waals surface area contributed by atoms with Crippen LogP contribution in [0.1, 0.15) is 122 Å². The standard InChI is InChI=1S/C46H69N3O5S/c1-32(2)35-17-20-46(31-47-24-8-25-48-27-29-55(53,54)30-28-48)22-21-44(6)36(40(35)46)14-15-38-43(5)23-26-49(42(3,4)37(43)18-19-45(38,44)7)39(50)16-11-33-9-12-34(13-10-33)41(51)52/h9-13,16,35-38,40,47H,1,8,14-15,17-31H2,2-7H3,(H,51,52)/b16-11+/t35-,36+,37-,38+,40+,43-,44+,45+,46+/m0/s1. The molecule has 0 unspecified atom stereocenters. The van der Waals surface area contributed by atoms with E-state index >= 15 is 0 Å². The number of fused-ring (bicyclic) bond motifs is 7. The number of allylic oxidation sites excluding steroid dienone is 1. The summed E-state index contributed by atoms with van der Waals surface area (Å²) < 4.78 is 23.8. The zero-order valence-corrected chi connectivity index (χ0v) is 35.5. The number of carboxylic acids is 1. The number of likely N-dealkylation sites (tertiary alicyclic amines) is 1. The predicted molar refractivity (Wildman–Crippen MR) is 221 cm³/mol. The molecule has 0 bridgehead atoms. The lowest BCUT2D eigenvalue weighted by molar-refractivity contribution is -0.240. The number of benzene rings is 1. The molecule has 6 aliphatic rings. The quantitative estimate of drug-likeness (QED) is 0.141. The van der Waals surface area contributed by atoms with E-state index in [1.54, 1.807) is 30.3 Å². The normalized spacial score (nSPS) is 39.5. The van der Waals surface area contributed by atoms with Gasteiger partial charge >= 0.3 is 5.97 Å². The Morgan fingerprint density at radius 2 is 1.60 bits per heavy atom. The fourth-order valence-corrected chi connectivity index (χ4v) is 15.7. The summed E-state index contributed by atoms with van der Waals surface area (Å²) in [5.41, 5.74) is 3.17.